The fourth-order valence-corrected chi connectivity index (χ4v) is 6.17. The summed E-state index contributed by atoms with van der Waals surface area (Å²) in [5.41, 5.74) is 7.14. The molecule has 4 aromatic rings. The van der Waals surface area contributed by atoms with Crippen molar-refractivity contribution >= 4 is 17.0 Å². The first-order valence-electron chi connectivity index (χ1n) is 13.4. The molecule has 2 aromatic heterocycles. The van der Waals surface area contributed by atoms with Gasteiger partial charge < -0.3 is 9.67 Å². The SMILES string of the molecule is Cc1ccc(C(CC(=O)O)c2ccc3c(nnn3C)c2C)cc1Cn1ccnc1C(C)C1CCCCC1. The van der Waals surface area contributed by atoms with E-state index < -0.39 is 5.97 Å². The van der Waals surface area contributed by atoms with Gasteiger partial charge in [-0.15, -0.1) is 5.10 Å². The number of carboxylic acids is 1. The lowest BCUT2D eigenvalue weighted by atomic mass is 9.80. The Morgan fingerprint density at radius 2 is 1.92 bits per heavy atom. The molecule has 1 aliphatic rings. The highest BCUT2D eigenvalue weighted by Gasteiger charge is 2.26. The standard InChI is InChI=1S/C30H37N5O2/c1-19-10-11-23(26(17-28(36)37)25-12-13-27-29(21(25)3)32-33-34(27)4)16-24(19)18-35-15-14-31-30(35)20(2)22-8-6-5-7-9-22/h10-16,20,22,26H,5-9,17-18H2,1-4H3,(H,36,37). The van der Waals surface area contributed by atoms with E-state index in [1.807, 2.05) is 32.3 Å². The van der Waals surface area contributed by atoms with E-state index in [-0.39, 0.29) is 12.3 Å². The van der Waals surface area contributed by atoms with E-state index in [4.69, 9.17) is 4.98 Å². The summed E-state index contributed by atoms with van der Waals surface area (Å²) in [5.74, 6) is 1.19. The van der Waals surface area contributed by atoms with Gasteiger partial charge >= 0.3 is 5.97 Å². The third-order valence-corrected chi connectivity index (χ3v) is 8.46. The monoisotopic (exact) mass is 499 g/mol. The average molecular weight is 500 g/mol. The molecule has 2 atom stereocenters. The summed E-state index contributed by atoms with van der Waals surface area (Å²) in [4.78, 5) is 16.7. The maximum absolute atomic E-state index is 12.0. The highest BCUT2D eigenvalue weighted by molar-refractivity contribution is 5.80. The van der Waals surface area contributed by atoms with E-state index >= 15 is 0 Å². The second-order valence-corrected chi connectivity index (χ2v) is 10.8. The lowest BCUT2D eigenvalue weighted by Crippen LogP contribution is -2.18. The highest BCUT2D eigenvalue weighted by Crippen LogP contribution is 2.36. The van der Waals surface area contributed by atoms with Gasteiger partial charge in [0, 0.05) is 37.8 Å². The molecule has 0 radical (unpaired) electrons. The zero-order valence-corrected chi connectivity index (χ0v) is 22.3. The second-order valence-electron chi connectivity index (χ2n) is 10.8. The third kappa shape index (κ3) is 5.04. The van der Waals surface area contributed by atoms with Crippen LogP contribution in [-0.2, 0) is 18.4 Å². The second kappa shape index (κ2) is 10.5. The van der Waals surface area contributed by atoms with Crippen LogP contribution in [0.25, 0.3) is 11.0 Å². The lowest BCUT2D eigenvalue weighted by molar-refractivity contribution is -0.137. The number of hydrogen-bond acceptors (Lipinski definition) is 4. The van der Waals surface area contributed by atoms with Crippen LogP contribution < -0.4 is 0 Å². The first-order chi connectivity index (χ1) is 17.8. The summed E-state index contributed by atoms with van der Waals surface area (Å²) in [6, 6.07) is 10.4. The molecule has 0 saturated heterocycles. The number of nitrogens with zero attached hydrogens (tertiary/aromatic N) is 5. The minimum atomic E-state index is -0.816. The molecule has 0 amide bonds. The van der Waals surface area contributed by atoms with E-state index in [9.17, 15) is 9.90 Å². The first-order valence-corrected chi connectivity index (χ1v) is 13.4. The van der Waals surface area contributed by atoms with Crippen molar-refractivity contribution in [1.29, 1.82) is 0 Å². The molecule has 2 heterocycles. The van der Waals surface area contributed by atoms with E-state index in [1.165, 1.54) is 43.2 Å². The Balaban J connectivity index is 1.48. The maximum Gasteiger partial charge on any atom is 0.304 e. The number of rotatable bonds is 8. The Kier molecular flexibility index (Phi) is 7.13. The van der Waals surface area contributed by atoms with Crippen LogP contribution >= 0.6 is 0 Å². The van der Waals surface area contributed by atoms with Crippen molar-refractivity contribution in [3.8, 4) is 0 Å². The zero-order valence-electron chi connectivity index (χ0n) is 22.3. The fraction of sp³-hybridized carbons (Fsp3) is 0.467. The Hall–Kier alpha value is -3.48. The summed E-state index contributed by atoms with van der Waals surface area (Å²) in [7, 11) is 1.87. The van der Waals surface area contributed by atoms with Gasteiger partial charge in [-0.05, 0) is 66.5 Å². The topological polar surface area (TPSA) is 85.8 Å². The van der Waals surface area contributed by atoms with Crippen LogP contribution in [0.2, 0.25) is 0 Å². The summed E-state index contributed by atoms with van der Waals surface area (Å²) < 4.78 is 4.04. The van der Waals surface area contributed by atoms with Gasteiger partial charge in [0.25, 0.3) is 0 Å². The van der Waals surface area contributed by atoms with Crippen LogP contribution in [0.15, 0.2) is 42.7 Å². The molecule has 1 N–H and O–H groups in total. The summed E-state index contributed by atoms with van der Waals surface area (Å²) in [6.07, 6.45) is 10.6. The van der Waals surface area contributed by atoms with Crippen LogP contribution in [0.3, 0.4) is 0 Å². The quantitative estimate of drug-likeness (QED) is 0.316. The maximum atomic E-state index is 12.0. The molecule has 5 rings (SSSR count). The molecule has 194 valence electrons. The third-order valence-electron chi connectivity index (χ3n) is 8.46. The smallest absolute Gasteiger partial charge is 0.304 e. The lowest BCUT2D eigenvalue weighted by Gasteiger charge is -2.28. The van der Waals surface area contributed by atoms with Crippen LogP contribution in [0, 0.1) is 19.8 Å². The van der Waals surface area contributed by atoms with E-state index in [2.05, 4.69) is 53.1 Å². The Morgan fingerprint density at radius 3 is 2.68 bits per heavy atom. The number of imidazole rings is 1. The molecule has 1 saturated carbocycles. The number of carboxylic acid groups (broad SMARTS) is 1. The summed E-state index contributed by atoms with van der Waals surface area (Å²) >= 11 is 0. The predicted octanol–water partition coefficient (Wildman–Crippen LogP) is 6.12. The fourth-order valence-electron chi connectivity index (χ4n) is 6.17. The average Bonchev–Trinajstić information content (AvgIpc) is 3.51. The van der Waals surface area contributed by atoms with Gasteiger partial charge in [0.1, 0.15) is 11.3 Å². The number of fused-ring (bicyclic) bond motifs is 1. The van der Waals surface area contributed by atoms with Crippen molar-refractivity contribution in [3.63, 3.8) is 0 Å². The van der Waals surface area contributed by atoms with Gasteiger partial charge in [-0.2, -0.15) is 0 Å². The van der Waals surface area contributed by atoms with Gasteiger partial charge in [0.2, 0.25) is 0 Å². The van der Waals surface area contributed by atoms with Gasteiger partial charge in [-0.25, -0.2) is 9.67 Å². The normalized spacial score (nSPS) is 16.2. The van der Waals surface area contributed by atoms with Crippen LogP contribution in [0.4, 0.5) is 0 Å². The van der Waals surface area contributed by atoms with Crippen molar-refractivity contribution in [2.75, 3.05) is 0 Å². The summed E-state index contributed by atoms with van der Waals surface area (Å²) in [6.45, 7) is 7.20. The molecular formula is C30H37N5O2. The number of aromatic nitrogens is 5. The van der Waals surface area contributed by atoms with E-state index in [0.717, 1.165) is 40.1 Å². The van der Waals surface area contributed by atoms with Crippen LogP contribution in [-0.4, -0.2) is 35.6 Å². The Bertz CT molecular complexity index is 1410. The predicted molar refractivity (Wildman–Crippen MR) is 145 cm³/mol. The summed E-state index contributed by atoms with van der Waals surface area (Å²) in [5, 5.41) is 18.3. The van der Waals surface area contributed by atoms with Gasteiger partial charge in [0.05, 0.1) is 11.9 Å². The molecule has 37 heavy (non-hydrogen) atoms. The number of aryl methyl sites for hydroxylation is 3. The number of aliphatic carboxylic acids is 1. The molecule has 0 aliphatic heterocycles. The van der Waals surface area contributed by atoms with Crippen molar-refractivity contribution in [3.05, 3.63) is 76.4 Å². The minimum Gasteiger partial charge on any atom is -0.481 e. The van der Waals surface area contributed by atoms with Crippen molar-refractivity contribution in [1.82, 2.24) is 24.5 Å². The first kappa shape index (κ1) is 25.2. The van der Waals surface area contributed by atoms with Crippen molar-refractivity contribution in [2.45, 2.75) is 77.7 Å². The molecule has 0 spiro atoms. The molecule has 1 aliphatic carbocycles. The molecule has 1 fully saturated rings. The van der Waals surface area contributed by atoms with Gasteiger partial charge in [0.15, 0.2) is 0 Å². The van der Waals surface area contributed by atoms with Gasteiger partial charge in [-0.3, -0.25) is 4.79 Å². The molecule has 7 nitrogen and oxygen atoms in total. The number of carbonyl (C=O) groups is 1. The highest BCUT2D eigenvalue weighted by atomic mass is 16.4. The zero-order chi connectivity index (χ0) is 26.1. The van der Waals surface area contributed by atoms with Crippen LogP contribution in [0.5, 0.6) is 0 Å². The van der Waals surface area contributed by atoms with Gasteiger partial charge in [-0.1, -0.05) is 55.7 Å². The Morgan fingerprint density at radius 1 is 1.14 bits per heavy atom. The molecule has 7 heteroatoms. The van der Waals surface area contributed by atoms with E-state index in [1.54, 1.807) is 4.68 Å². The number of benzene rings is 2. The van der Waals surface area contributed by atoms with Crippen molar-refractivity contribution in [2.24, 2.45) is 13.0 Å². The molecule has 2 aromatic carbocycles. The van der Waals surface area contributed by atoms with E-state index in [0.29, 0.717) is 11.8 Å². The number of hydrogen-bond donors (Lipinski definition) is 1. The minimum absolute atomic E-state index is 0.0180. The molecule has 0 bridgehead atoms. The van der Waals surface area contributed by atoms with Crippen LogP contribution in [0.1, 0.15) is 90.9 Å². The Labute approximate surface area is 218 Å². The largest absolute Gasteiger partial charge is 0.481 e. The molecule has 2 unspecified atom stereocenters. The molecular weight excluding hydrogens is 462 g/mol. The van der Waals surface area contributed by atoms with Crippen molar-refractivity contribution < 1.29 is 9.90 Å².